The van der Waals surface area contributed by atoms with Gasteiger partial charge in [0.15, 0.2) is 0 Å². The number of carboxylic acid groups (broad SMARTS) is 2. The summed E-state index contributed by atoms with van der Waals surface area (Å²) in [5.74, 6) is -4.00. The fraction of sp³-hybridized carbons (Fsp3) is 0.459. The summed E-state index contributed by atoms with van der Waals surface area (Å²) in [7, 11) is 0. The molecule has 0 bridgehead atoms. The van der Waals surface area contributed by atoms with Crippen molar-refractivity contribution in [2.75, 3.05) is 19.6 Å². The maximum atomic E-state index is 13.6. The van der Waals surface area contributed by atoms with Crippen LogP contribution in [0.1, 0.15) is 68.6 Å². The molecule has 3 aromatic rings. The van der Waals surface area contributed by atoms with Crippen molar-refractivity contribution in [2.24, 2.45) is 16.6 Å². The number of aliphatic carboxylic acids is 2. The third-order valence-electron chi connectivity index (χ3n) is 11.0. The van der Waals surface area contributed by atoms with Gasteiger partial charge in [-0.05, 0) is 81.4 Å². The molecule has 0 amide bonds. The van der Waals surface area contributed by atoms with Crippen molar-refractivity contribution in [3.8, 4) is 5.75 Å². The van der Waals surface area contributed by atoms with E-state index < -0.39 is 47.5 Å². The highest BCUT2D eigenvalue weighted by Crippen LogP contribution is 2.59. The third-order valence-corrected chi connectivity index (χ3v) is 11.0. The summed E-state index contributed by atoms with van der Waals surface area (Å²) in [5, 5.41) is 24.8. The lowest BCUT2D eigenvalue weighted by atomic mass is 9.50. The number of piperidine rings is 2. The second-order valence-electron chi connectivity index (χ2n) is 13.0. The Labute approximate surface area is 274 Å². The number of alkyl halides is 2. The van der Waals surface area contributed by atoms with Gasteiger partial charge in [0.1, 0.15) is 11.2 Å². The fourth-order valence-corrected chi connectivity index (χ4v) is 8.55. The molecule has 47 heavy (non-hydrogen) atoms. The average Bonchev–Trinajstić information content (AvgIpc) is 3.06. The minimum absolute atomic E-state index is 0.0287. The first-order valence-corrected chi connectivity index (χ1v) is 16.4. The summed E-state index contributed by atoms with van der Waals surface area (Å²) >= 11 is 0. The van der Waals surface area contributed by atoms with Crippen LogP contribution < -0.4 is 15.8 Å². The van der Waals surface area contributed by atoms with Gasteiger partial charge in [0.2, 0.25) is 0 Å². The Morgan fingerprint density at radius 1 is 0.915 bits per heavy atom. The Balaban J connectivity index is 1.45. The normalized spacial score (nSPS) is 27.7. The molecule has 0 aliphatic carbocycles. The Morgan fingerprint density at radius 2 is 1.45 bits per heavy atom. The van der Waals surface area contributed by atoms with Crippen molar-refractivity contribution in [3.05, 3.63) is 102 Å². The molecule has 2 aliphatic heterocycles. The van der Waals surface area contributed by atoms with Gasteiger partial charge in [-0.15, -0.1) is 0 Å². The molecular weight excluding hydrogens is 604 g/mol. The number of nitrogens with one attached hydrogen (secondary N) is 1. The van der Waals surface area contributed by atoms with Crippen LogP contribution in [0.5, 0.6) is 5.75 Å². The molecule has 10 heteroatoms. The SMILES string of the molecule is CCC1(C(=O)O)C(c2ccccc2OC(F)F)C(CCCN2CCC(c3ccccc3)(c3ccccc3)CC2)(C(=O)O)C(C)N[C@H]1N. The molecule has 5 rings (SSSR count). The molecule has 2 heterocycles. The highest BCUT2D eigenvalue weighted by Gasteiger charge is 2.67. The molecule has 0 aromatic heterocycles. The number of hydrogen-bond donors (Lipinski definition) is 4. The molecule has 5 N–H and O–H groups in total. The van der Waals surface area contributed by atoms with Crippen LogP contribution in [0.4, 0.5) is 8.78 Å². The largest absolute Gasteiger partial charge is 0.481 e. The van der Waals surface area contributed by atoms with Gasteiger partial charge in [0, 0.05) is 17.4 Å². The zero-order chi connectivity index (χ0) is 33.8. The summed E-state index contributed by atoms with van der Waals surface area (Å²) in [6.45, 7) is 2.34. The second-order valence-corrected chi connectivity index (χ2v) is 13.0. The van der Waals surface area contributed by atoms with Gasteiger partial charge in [-0.2, -0.15) is 8.78 Å². The smallest absolute Gasteiger partial charge is 0.387 e. The number of benzene rings is 3. The van der Waals surface area contributed by atoms with Crippen LogP contribution in [0, 0.1) is 10.8 Å². The van der Waals surface area contributed by atoms with E-state index in [1.807, 2.05) is 12.1 Å². The van der Waals surface area contributed by atoms with Gasteiger partial charge in [-0.25, -0.2) is 0 Å². The molecule has 2 aliphatic rings. The van der Waals surface area contributed by atoms with Gasteiger partial charge in [-0.1, -0.05) is 85.8 Å². The summed E-state index contributed by atoms with van der Waals surface area (Å²) in [6, 6.07) is 26.2. The molecule has 0 radical (unpaired) electrons. The lowest BCUT2D eigenvalue weighted by molar-refractivity contribution is -0.174. The van der Waals surface area contributed by atoms with Crippen LogP contribution in [-0.4, -0.2) is 65.5 Å². The molecule has 2 fully saturated rings. The number of nitrogens with two attached hydrogens (primary N) is 1. The predicted octanol–water partition coefficient (Wildman–Crippen LogP) is 6.06. The van der Waals surface area contributed by atoms with E-state index in [4.69, 9.17) is 10.5 Å². The molecule has 3 aromatic carbocycles. The van der Waals surface area contributed by atoms with Crippen LogP contribution >= 0.6 is 0 Å². The maximum absolute atomic E-state index is 13.6. The number of carboxylic acids is 2. The molecule has 0 spiro atoms. The van der Waals surface area contributed by atoms with Crippen molar-refractivity contribution in [2.45, 2.75) is 76.1 Å². The van der Waals surface area contributed by atoms with E-state index in [1.165, 1.54) is 29.3 Å². The van der Waals surface area contributed by atoms with Crippen LogP contribution in [0.3, 0.4) is 0 Å². The van der Waals surface area contributed by atoms with E-state index in [1.54, 1.807) is 19.9 Å². The lowest BCUT2D eigenvalue weighted by Crippen LogP contribution is -2.72. The minimum atomic E-state index is -3.18. The number of hydrogen-bond acceptors (Lipinski definition) is 6. The first-order chi connectivity index (χ1) is 22.5. The lowest BCUT2D eigenvalue weighted by Gasteiger charge is -2.57. The van der Waals surface area contributed by atoms with Crippen molar-refractivity contribution >= 4 is 11.9 Å². The van der Waals surface area contributed by atoms with E-state index in [0.29, 0.717) is 13.0 Å². The van der Waals surface area contributed by atoms with Crippen LogP contribution in [-0.2, 0) is 15.0 Å². The number of nitrogens with zero attached hydrogens (tertiary/aromatic N) is 1. The highest BCUT2D eigenvalue weighted by atomic mass is 19.3. The summed E-state index contributed by atoms with van der Waals surface area (Å²) < 4.78 is 32.0. The maximum Gasteiger partial charge on any atom is 0.387 e. The topological polar surface area (TPSA) is 125 Å². The van der Waals surface area contributed by atoms with Gasteiger partial charge < -0.3 is 25.6 Å². The predicted molar refractivity (Wildman–Crippen MR) is 175 cm³/mol. The van der Waals surface area contributed by atoms with E-state index in [0.717, 1.165) is 25.9 Å². The Kier molecular flexibility index (Phi) is 10.3. The molecule has 252 valence electrons. The summed E-state index contributed by atoms with van der Waals surface area (Å²) in [5.41, 5.74) is 5.50. The van der Waals surface area contributed by atoms with Crippen molar-refractivity contribution in [1.29, 1.82) is 0 Å². The van der Waals surface area contributed by atoms with Crippen molar-refractivity contribution < 1.29 is 33.3 Å². The van der Waals surface area contributed by atoms with E-state index in [2.05, 4.69) is 58.7 Å². The molecule has 4 unspecified atom stereocenters. The van der Waals surface area contributed by atoms with Gasteiger partial charge in [0.25, 0.3) is 0 Å². The van der Waals surface area contributed by atoms with Gasteiger partial charge in [0.05, 0.1) is 11.6 Å². The van der Waals surface area contributed by atoms with Crippen LogP contribution in [0.25, 0.3) is 0 Å². The number of rotatable bonds is 12. The number of ether oxygens (including phenoxy) is 1. The first-order valence-electron chi connectivity index (χ1n) is 16.4. The number of para-hydroxylation sites is 1. The molecular formula is C37H45F2N3O5. The summed E-state index contributed by atoms with van der Waals surface area (Å²) in [4.78, 5) is 29.0. The Bertz CT molecular complexity index is 1480. The molecule has 0 saturated carbocycles. The van der Waals surface area contributed by atoms with Crippen molar-refractivity contribution in [3.63, 3.8) is 0 Å². The first kappa shape index (κ1) is 34.5. The van der Waals surface area contributed by atoms with Crippen LogP contribution in [0.2, 0.25) is 0 Å². The monoisotopic (exact) mass is 649 g/mol. The molecule has 8 nitrogen and oxygen atoms in total. The standard InChI is InChI=1S/C37H45F2N3O5/c1-3-36(32(43)44)30(28-17-10-11-18-29(28)47-34(38)39)37(33(45)46,25(2)41-31(36)40)19-12-22-42-23-20-35(21-24-42,26-13-6-4-7-14-26)27-15-8-5-9-16-27/h4-11,13-18,25,30-31,34,41H,3,12,19-24,40H2,1-2H3,(H,43,44)(H,45,46)/t25?,30?,31-,36?,37?/m1/s1. The third kappa shape index (κ3) is 6.14. The Morgan fingerprint density at radius 3 is 1.96 bits per heavy atom. The van der Waals surface area contributed by atoms with Gasteiger partial charge >= 0.3 is 18.6 Å². The van der Waals surface area contributed by atoms with E-state index >= 15 is 0 Å². The average molecular weight is 650 g/mol. The quantitative estimate of drug-likeness (QED) is 0.187. The highest BCUT2D eigenvalue weighted by molar-refractivity contribution is 5.84. The van der Waals surface area contributed by atoms with Crippen LogP contribution in [0.15, 0.2) is 84.9 Å². The minimum Gasteiger partial charge on any atom is -0.481 e. The van der Waals surface area contributed by atoms with Crippen molar-refractivity contribution in [1.82, 2.24) is 10.2 Å². The zero-order valence-corrected chi connectivity index (χ0v) is 26.9. The van der Waals surface area contributed by atoms with Gasteiger partial charge in [-0.3, -0.25) is 14.9 Å². The number of likely N-dealkylation sites (tertiary alicyclic amines) is 1. The number of halogens is 2. The summed E-state index contributed by atoms with van der Waals surface area (Å²) in [6.07, 6.45) is 1.16. The van der Waals surface area contributed by atoms with E-state index in [-0.39, 0.29) is 29.6 Å². The fourth-order valence-electron chi connectivity index (χ4n) is 8.55. The second kappa shape index (κ2) is 14.1. The zero-order valence-electron chi connectivity index (χ0n) is 26.9. The molecule has 5 atom stereocenters. The molecule has 2 saturated heterocycles. The Hall–Kier alpha value is -3.86. The van der Waals surface area contributed by atoms with E-state index in [9.17, 15) is 28.6 Å². The number of carbonyl (C=O) groups is 2.